The lowest BCUT2D eigenvalue weighted by atomic mass is 10.2. The van der Waals surface area contributed by atoms with Crippen LogP contribution in [-0.4, -0.2) is 29.3 Å². The molecule has 1 saturated heterocycles. The summed E-state index contributed by atoms with van der Waals surface area (Å²) in [6.07, 6.45) is 0. The van der Waals surface area contributed by atoms with Crippen molar-refractivity contribution in [3.8, 4) is 0 Å². The minimum absolute atomic E-state index is 0.0751. The molecule has 2 amide bonds. The number of fused-ring (bicyclic) bond motifs is 2. The first kappa shape index (κ1) is 22.2. The Morgan fingerprint density at radius 3 is 2.30 bits per heavy atom. The van der Waals surface area contributed by atoms with E-state index in [0.717, 1.165) is 21.2 Å². The number of benzene rings is 3. The zero-order valence-electron chi connectivity index (χ0n) is 17.0. The molecule has 1 N–H and O–H groups in total. The van der Waals surface area contributed by atoms with E-state index in [-0.39, 0.29) is 24.1 Å². The molecular weight excluding hydrogens is 499 g/mol. The Hall–Kier alpha value is -2.65. The zero-order chi connectivity index (χ0) is 22.9. The molecule has 1 fully saturated rings. The monoisotopic (exact) mass is 514 g/mol. The number of nitrogens with zero attached hydrogens (tertiary/aromatic N) is 3. The Labute approximate surface area is 208 Å². The van der Waals surface area contributed by atoms with Crippen molar-refractivity contribution in [2.24, 2.45) is 5.10 Å². The molecule has 3 aromatic carbocycles. The average molecular weight is 515 g/mol. The van der Waals surface area contributed by atoms with Crippen LogP contribution < -0.4 is 15.2 Å². The highest BCUT2D eigenvalue weighted by molar-refractivity contribution is 8.15. The number of halogens is 2. The Morgan fingerprint density at radius 1 is 0.970 bits per heavy atom. The van der Waals surface area contributed by atoms with Crippen LogP contribution in [0.5, 0.6) is 0 Å². The summed E-state index contributed by atoms with van der Waals surface area (Å²) in [6, 6.07) is 20.8. The van der Waals surface area contributed by atoms with E-state index in [9.17, 15) is 9.59 Å². The van der Waals surface area contributed by atoms with Crippen molar-refractivity contribution in [3.05, 3.63) is 76.8 Å². The quantitative estimate of drug-likeness (QED) is 0.448. The van der Waals surface area contributed by atoms with Gasteiger partial charge < -0.3 is 4.90 Å². The van der Waals surface area contributed by atoms with Gasteiger partial charge in [-0.3, -0.25) is 14.5 Å². The maximum absolute atomic E-state index is 12.9. The third-order valence-corrected chi connectivity index (χ3v) is 7.62. The number of hydrogen-bond acceptors (Lipinski definition) is 6. The summed E-state index contributed by atoms with van der Waals surface area (Å²) in [5.74, 6) is -0.271. The Balaban J connectivity index is 1.37. The van der Waals surface area contributed by atoms with E-state index >= 15 is 0 Å². The van der Waals surface area contributed by atoms with Gasteiger partial charge in [0.25, 0.3) is 5.91 Å². The number of hydrazone groups is 1. The van der Waals surface area contributed by atoms with Crippen LogP contribution in [0.25, 0.3) is 0 Å². The lowest BCUT2D eigenvalue weighted by Crippen LogP contribution is -2.36. The van der Waals surface area contributed by atoms with E-state index in [1.165, 1.54) is 16.7 Å². The standard InChI is InChI=1S/C23H16Cl2N4O2S2/c24-14-9-10-16(15(25)11-14)29-22(31)13-32-23(29)27-26-21(30)12-28-17-5-1-3-7-19(17)33-20-8-4-2-6-18(20)28/h1-11H,12-13H2,(H,26,30). The van der Waals surface area contributed by atoms with Gasteiger partial charge in [-0.2, -0.15) is 0 Å². The molecule has 2 heterocycles. The summed E-state index contributed by atoms with van der Waals surface area (Å²) in [4.78, 5) is 30.9. The van der Waals surface area contributed by atoms with Crippen LogP contribution in [0, 0.1) is 0 Å². The molecule has 166 valence electrons. The van der Waals surface area contributed by atoms with Crippen molar-refractivity contribution in [2.45, 2.75) is 9.79 Å². The average Bonchev–Trinajstić information content (AvgIpc) is 3.17. The first-order valence-corrected chi connectivity index (χ1v) is 12.5. The third-order valence-electron chi connectivity index (χ3n) is 5.03. The maximum atomic E-state index is 12.9. The molecule has 33 heavy (non-hydrogen) atoms. The van der Waals surface area contributed by atoms with Gasteiger partial charge in [0.15, 0.2) is 5.17 Å². The molecule has 0 saturated carbocycles. The van der Waals surface area contributed by atoms with Crippen LogP contribution in [-0.2, 0) is 9.59 Å². The molecule has 0 spiro atoms. The van der Waals surface area contributed by atoms with E-state index in [4.69, 9.17) is 23.2 Å². The first-order chi connectivity index (χ1) is 16.0. The second-order valence-corrected chi connectivity index (χ2v) is 10.0. The van der Waals surface area contributed by atoms with Gasteiger partial charge in [-0.1, -0.05) is 71.0 Å². The summed E-state index contributed by atoms with van der Waals surface area (Å²) in [6.45, 7) is 0.0751. The van der Waals surface area contributed by atoms with Crippen LogP contribution in [0.4, 0.5) is 17.1 Å². The summed E-state index contributed by atoms with van der Waals surface area (Å²) < 4.78 is 0. The Bertz CT molecular complexity index is 1260. The lowest BCUT2D eigenvalue weighted by Gasteiger charge is -2.31. The number of amidine groups is 1. The van der Waals surface area contributed by atoms with E-state index in [0.29, 0.717) is 20.9 Å². The molecule has 0 aromatic heterocycles. The van der Waals surface area contributed by atoms with Gasteiger partial charge in [0.05, 0.1) is 27.8 Å². The molecule has 3 aromatic rings. The van der Waals surface area contributed by atoms with Gasteiger partial charge in [0.2, 0.25) is 5.91 Å². The highest BCUT2D eigenvalue weighted by Crippen LogP contribution is 2.47. The fourth-order valence-electron chi connectivity index (χ4n) is 3.58. The molecule has 2 aliphatic rings. The molecule has 0 bridgehead atoms. The summed E-state index contributed by atoms with van der Waals surface area (Å²) in [5, 5.41) is 5.39. The van der Waals surface area contributed by atoms with Crippen molar-refractivity contribution in [1.82, 2.24) is 5.43 Å². The Kier molecular flexibility index (Phi) is 6.25. The first-order valence-electron chi connectivity index (χ1n) is 9.92. The second-order valence-electron chi connectivity index (χ2n) is 7.17. The van der Waals surface area contributed by atoms with E-state index in [1.807, 2.05) is 53.4 Å². The number of carbonyl (C=O) groups excluding carboxylic acids is 2. The molecule has 5 rings (SSSR count). The van der Waals surface area contributed by atoms with Gasteiger partial charge in [-0.25, -0.2) is 5.43 Å². The molecule has 6 nitrogen and oxygen atoms in total. The van der Waals surface area contributed by atoms with Gasteiger partial charge in [0, 0.05) is 14.8 Å². The van der Waals surface area contributed by atoms with Crippen molar-refractivity contribution in [2.75, 3.05) is 22.1 Å². The normalized spacial score (nSPS) is 16.1. The topological polar surface area (TPSA) is 65.0 Å². The molecule has 0 unspecified atom stereocenters. The molecule has 10 heteroatoms. The van der Waals surface area contributed by atoms with Crippen molar-refractivity contribution in [1.29, 1.82) is 0 Å². The fourth-order valence-corrected chi connectivity index (χ4v) is 5.99. The molecule has 0 atom stereocenters. The van der Waals surface area contributed by atoms with Crippen LogP contribution in [0.2, 0.25) is 10.0 Å². The second kappa shape index (κ2) is 9.30. The Morgan fingerprint density at radius 2 is 1.64 bits per heavy atom. The third kappa shape index (κ3) is 4.44. The van der Waals surface area contributed by atoms with Crippen LogP contribution in [0.1, 0.15) is 0 Å². The number of hydrogen-bond donors (Lipinski definition) is 1. The van der Waals surface area contributed by atoms with Crippen molar-refractivity contribution < 1.29 is 9.59 Å². The van der Waals surface area contributed by atoms with Gasteiger partial charge >= 0.3 is 0 Å². The minimum atomic E-state index is -0.305. The number of para-hydroxylation sites is 2. The van der Waals surface area contributed by atoms with Gasteiger partial charge in [0.1, 0.15) is 6.54 Å². The summed E-state index contributed by atoms with van der Waals surface area (Å²) in [5.41, 5.74) is 5.00. The molecule has 0 aliphatic carbocycles. The molecular formula is C23H16Cl2N4O2S2. The van der Waals surface area contributed by atoms with E-state index in [1.54, 1.807) is 30.0 Å². The minimum Gasteiger partial charge on any atom is -0.330 e. The van der Waals surface area contributed by atoms with Crippen LogP contribution in [0.15, 0.2) is 81.6 Å². The van der Waals surface area contributed by atoms with Gasteiger partial charge in [-0.15, -0.1) is 5.10 Å². The number of anilines is 3. The smallest absolute Gasteiger partial charge is 0.260 e. The van der Waals surface area contributed by atoms with Gasteiger partial charge in [-0.05, 0) is 42.5 Å². The summed E-state index contributed by atoms with van der Waals surface area (Å²) >= 11 is 15.2. The maximum Gasteiger partial charge on any atom is 0.260 e. The predicted molar refractivity (Wildman–Crippen MR) is 136 cm³/mol. The predicted octanol–water partition coefficient (Wildman–Crippen LogP) is 5.76. The molecule has 0 radical (unpaired) electrons. The number of rotatable bonds is 4. The van der Waals surface area contributed by atoms with Crippen LogP contribution >= 0.6 is 46.7 Å². The van der Waals surface area contributed by atoms with E-state index in [2.05, 4.69) is 10.5 Å². The van der Waals surface area contributed by atoms with E-state index < -0.39 is 0 Å². The number of nitrogens with one attached hydrogen (secondary N) is 1. The highest BCUT2D eigenvalue weighted by Gasteiger charge is 2.32. The largest absolute Gasteiger partial charge is 0.330 e. The fraction of sp³-hybridized carbons (Fsp3) is 0.0870. The highest BCUT2D eigenvalue weighted by atomic mass is 35.5. The molecule has 2 aliphatic heterocycles. The van der Waals surface area contributed by atoms with Crippen molar-refractivity contribution >= 4 is 80.8 Å². The SMILES string of the molecule is O=C(CN1c2ccccc2Sc2ccccc21)NN=C1SCC(=O)N1c1ccc(Cl)cc1Cl. The number of carbonyl (C=O) groups is 2. The van der Waals surface area contributed by atoms with Crippen LogP contribution in [0.3, 0.4) is 0 Å². The zero-order valence-corrected chi connectivity index (χ0v) is 20.1. The number of amides is 2. The van der Waals surface area contributed by atoms with Crippen molar-refractivity contribution in [3.63, 3.8) is 0 Å². The lowest BCUT2D eigenvalue weighted by molar-refractivity contribution is -0.119. The number of thioether (sulfide) groups is 1. The summed E-state index contributed by atoms with van der Waals surface area (Å²) in [7, 11) is 0.